The lowest BCUT2D eigenvalue weighted by Crippen LogP contribution is -2.43. The zero-order chi connectivity index (χ0) is 13.5. The Hall–Kier alpha value is -1.91. The molecule has 98 valence electrons. The number of hydrogen-bond acceptors (Lipinski definition) is 2. The predicted octanol–water partition coefficient (Wildman–Crippen LogP) is 1.36. The first kappa shape index (κ1) is 14.2. The number of rotatable bonds is 4. The van der Waals surface area contributed by atoms with Crippen LogP contribution in [-0.4, -0.2) is 17.9 Å². The van der Waals surface area contributed by atoms with Gasteiger partial charge >= 0.3 is 11.8 Å². The van der Waals surface area contributed by atoms with Crippen molar-refractivity contribution >= 4 is 11.8 Å². The van der Waals surface area contributed by atoms with E-state index < -0.39 is 11.8 Å². The molecule has 2 amide bonds. The van der Waals surface area contributed by atoms with Crippen molar-refractivity contribution < 1.29 is 14.0 Å². The molecular formula is C13H17FN2O2. The standard InChI is InChI=1S/C13H17FN2O2/c1-3-9(2)16-13(18)12(17)15-8-10-4-6-11(14)7-5-10/h4-7,9H,3,8H2,1-2H3,(H,15,17)(H,16,18). The van der Waals surface area contributed by atoms with Gasteiger partial charge in [-0.2, -0.15) is 0 Å². The number of benzene rings is 1. The molecule has 2 N–H and O–H groups in total. The number of halogens is 1. The Balaban J connectivity index is 2.41. The summed E-state index contributed by atoms with van der Waals surface area (Å²) >= 11 is 0. The second kappa shape index (κ2) is 6.74. The molecule has 1 atom stereocenters. The van der Waals surface area contributed by atoms with E-state index in [1.54, 1.807) is 12.1 Å². The fraction of sp³-hybridized carbons (Fsp3) is 0.385. The Morgan fingerprint density at radius 1 is 1.22 bits per heavy atom. The van der Waals surface area contributed by atoms with Gasteiger partial charge in [0.25, 0.3) is 0 Å². The van der Waals surface area contributed by atoms with Crippen molar-refractivity contribution in [3.63, 3.8) is 0 Å². The highest BCUT2D eigenvalue weighted by Gasteiger charge is 2.14. The van der Waals surface area contributed by atoms with Crippen LogP contribution in [0, 0.1) is 5.82 Å². The summed E-state index contributed by atoms with van der Waals surface area (Å²) in [4.78, 5) is 22.8. The van der Waals surface area contributed by atoms with Crippen molar-refractivity contribution in [2.45, 2.75) is 32.9 Å². The van der Waals surface area contributed by atoms with Crippen molar-refractivity contribution in [1.29, 1.82) is 0 Å². The molecule has 0 spiro atoms. The summed E-state index contributed by atoms with van der Waals surface area (Å²) in [7, 11) is 0. The Bertz CT molecular complexity index is 418. The van der Waals surface area contributed by atoms with Crippen LogP contribution in [0.3, 0.4) is 0 Å². The van der Waals surface area contributed by atoms with Gasteiger partial charge in [0, 0.05) is 12.6 Å². The molecule has 1 aromatic rings. The zero-order valence-electron chi connectivity index (χ0n) is 10.5. The molecule has 1 aromatic carbocycles. The first-order valence-electron chi connectivity index (χ1n) is 5.86. The topological polar surface area (TPSA) is 58.2 Å². The summed E-state index contributed by atoms with van der Waals surface area (Å²) in [5.74, 6) is -1.66. The van der Waals surface area contributed by atoms with Crippen LogP contribution in [0.2, 0.25) is 0 Å². The van der Waals surface area contributed by atoms with Crippen molar-refractivity contribution in [2.75, 3.05) is 0 Å². The number of hydrogen-bond donors (Lipinski definition) is 2. The molecule has 0 bridgehead atoms. The van der Waals surface area contributed by atoms with Gasteiger partial charge in [0.2, 0.25) is 0 Å². The molecule has 0 fully saturated rings. The number of carbonyl (C=O) groups is 2. The van der Waals surface area contributed by atoms with Gasteiger partial charge in [0.1, 0.15) is 5.82 Å². The summed E-state index contributed by atoms with van der Waals surface area (Å²) in [6.45, 7) is 3.94. The number of nitrogens with one attached hydrogen (secondary N) is 2. The van der Waals surface area contributed by atoms with E-state index >= 15 is 0 Å². The molecule has 0 radical (unpaired) electrons. The maximum absolute atomic E-state index is 12.6. The number of carbonyl (C=O) groups excluding carboxylic acids is 2. The number of amides is 2. The summed E-state index contributed by atoms with van der Waals surface area (Å²) in [6, 6.07) is 5.69. The fourth-order valence-electron chi connectivity index (χ4n) is 1.26. The molecule has 1 unspecified atom stereocenters. The van der Waals surface area contributed by atoms with E-state index in [0.29, 0.717) is 0 Å². The molecule has 0 heterocycles. The molecule has 18 heavy (non-hydrogen) atoms. The molecule has 5 heteroatoms. The van der Waals surface area contributed by atoms with Crippen LogP contribution in [0.15, 0.2) is 24.3 Å². The second-order valence-corrected chi connectivity index (χ2v) is 4.09. The highest BCUT2D eigenvalue weighted by Crippen LogP contribution is 2.01. The minimum Gasteiger partial charge on any atom is -0.345 e. The molecule has 0 aromatic heterocycles. The first-order valence-corrected chi connectivity index (χ1v) is 5.86. The van der Waals surface area contributed by atoms with Crippen LogP contribution in [0.25, 0.3) is 0 Å². The van der Waals surface area contributed by atoms with Crippen LogP contribution >= 0.6 is 0 Å². The maximum atomic E-state index is 12.6. The van der Waals surface area contributed by atoms with E-state index in [2.05, 4.69) is 10.6 Å². The largest absolute Gasteiger partial charge is 0.345 e. The van der Waals surface area contributed by atoms with Gasteiger partial charge in [-0.15, -0.1) is 0 Å². The summed E-state index contributed by atoms with van der Waals surface area (Å²) < 4.78 is 12.6. The molecular weight excluding hydrogens is 235 g/mol. The van der Waals surface area contributed by atoms with Crippen LogP contribution in [0.5, 0.6) is 0 Å². The monoisotopic (exact) mass is 252 g/mol. The fourth-order valence-corrected chi connectivity index (χ4v) is 1.26. The Morgan fingerprint density at radius 2 is 1.83 bits per heavy atom. The average molecular weight is 252 g/mol. The van der Waals surface area contributed by atoms with Crippen LogP contribution in [-0.2, 0) is 16.1 Å². The Labute approximate surface area is 106 Å². The van der Waals surface area contributed by atoms with E-state index in [0.717, 1.165) is 12.0 Å². The van der Waals surface area contributed by atoms with Crippen molar-refractivity contribution in [2.24, 2.45) is 0 Å². The van der Waals surface area contributed by atoms with E-state index in [1.807, 2.05) is 13.8 Å². The molecule has 4 nitrogen and oxygen atoms in total. The minimum atomic E-state index is -0.681. The normalized spacial score (nSPS) is 11.7. The van der Waals surface area contributed by atoms with E-state index in [9.17, 15) is 14.0 Å². The van der Waals surface area contributed by atoms with Gasteiger partial charge in [-0.1, -0.05) is 19.1 Å². The van der Waals surface area contributed by atoms with E-state index in [-0.39, 0.29) is 18.4 Å². The van der Waals surface area contributed by atoms with Crippen LogP contribution in [0.1, 0.15) is 25.8 Å². The first-order chi connectivity index (χ1) is 8.52. The predicted molar refractivity (Wildman–Crippen MR) is 66.1 cm³/mol. The van der Waals surface area contributed by atoms with Crippen molar-refractivity contribution in [3.05, 3.63) is 35.6 Å². The summed E-state index contributed by atoms with van der Waals surface area (Å²) in [5, 5.41) is 5.04. The van der Waals surface area contributed by atoms with Gasteiger partial charge in [0.05, 0.1) is 0 Å². The summed E-state index contributed by atoms with van der Waals surface area (Å²) in [5.41, 5.74) is 0.737. The molecule has 0 saturated carbocycles. The Morgan fingerprint density at radius 3 is 2.39 bits per heavy atom. The van der Waals surface area contributed by atoms with Gasteiger partial charge in [-0.25, -0.2) is 4.39 Å². The van der Waals surface area contributed by atoms with Crippen molar-refractivity contribution in [1.82, 2.24) is 10.6 Å². The zero-order valence-corrected chi connectivity index (χ0v) is 10.5. The molecule has 0 saturated heterocycles. The smallest absolute Gasteiger partial charge is 0.309 e. The van der Waals surface area contributed by atoms with Crippen molar-refractivity contribution in [3.8, 4) is 0 Å². The van der Waals surface area contributed by atoms with Gasteiger partial charge in [0.15, 0.2) is 0 Å². The molecule has 0 aliphatic heterocycles. The van der Waals surface area contributed by atoms with Gasteiger partial charge < -0.3 is 10.6 Å². The quantitative estimate of drug-likeness (QED) is 0.795. The third kappa shape index (κ3) is 4.53. The molecule has 0 aliphatic rings. The lowest BCUT2D eigenvalue weighted by atomic mass is 10.2. The highest BCUT2D eigenvalue weighted by molar-refractivity contribution is 6.35. The minimum absolute atomic E-state index is 0.0333. The van der Waals surface area contributed by atoms with Crippen LogP contribution in [0.4, 0.5) is 4.39 Å². The van der Waals surface area contributed by atoms with Crippen LogP contribution < -0.4 is 10.6 Å². The van der Waals surface area contributed by atoms with Gasteiger partial charge in [-0.3, -0.25) is 9.59 Å². The second-order valence-electron chi connectivity index (χ2n) is 4.09. The SMILES string of the molecule is CCC(C)NC(=O)C(=O)NCc1ccc(F)cc1. The third-order valence-electron chi connectivity index (χ3n) is 2.56. The van der Waals surface area contributed by atoms with E-state index in [4.69, 9.17) is 0 Å². The molecule has 0 aliphatic carbocycles. The van der Waals surface area contributed by atoms with E-state index in [1.165, 1.54) is 12.1 Å². The summed E-state index contributed by atoms with van der Waals surface area (Å²) in [6.07, 6.45) is 0.761. The third-order valence-corrected chi connectivity index (χ3v) is 2.56. The lowest BCUT2D eigenvalue weighted by Gasteiger charge is -2.11. The average Bonchev–Trinajstić information content (AvgIpc) is 2.37. The Kier molecular flexibility index (Phi) is 5.30. The maximum Gasteiger partial charge on any atom is 0.309 e. The highest BCUT2D eigenvalue weighted by atomic mass is 19.1. The lowest BCUT2D eigenvalue weighted by molar-refractivity contribution is -0.139. The molecule has 1 rings (SSSR count). The van der Waals surface area contributed by atoms with Gasteiger partial charge in [-0.05, 0) is 31.0 Å².